The fourth-order valence-electron chi connectivity index (χ4n) is 0.717. The molecule has 0 aromatic rings. The van der Waals surface area contributed by atoms with Crippen LogP contribution in [0.15, 0.2) is 0 Å². The van der Waals surface area contributed by atoms with E-state index in [1.54, 1.807) is 6.92 Å². The fraction of sp³-hybridized carbons (Fsp3) is 0.800. The monoisotopic (exact) mass is 131 g/mol. The van der Waals surface area contributed by atoms with E-state index in [0.29, 0.717) is 6.41 Å². The fourth-order valence-corrected chi connectivity index (χ4v) is 0.717. The van der Waals surface area contributed by atoms with E-state index in [1.807, 2.05) is 0 Å². The van der Waals surface area contributed by atoms with Crippen molar-refractivity contribution in [2.75, 3.05) is 13.2 Å². The number of carbonyl (C=O) groups excluding carboxylic acids is 1. The van der Waals surface area contributed by atoms with Gasteiger partial charge in [0.1, 0.15) is 12.2 Å². The topological polar surface area (TPSA) is 49.8 Å². The predicted octanol–water partition coefficient (Wildman–Crippen LogP) is -0.859. The van der Waals surface area contributed by atoms with Crippen LogP contribution >= 0.6 is 0 Å². The van der Waals surface area contributed by atoms with E-state index in [9.17, 15) is 9.90 Å². The van der Waals surface area contributed by atoms with Crippen LogP contribution in [0, 0.1) is 0 Å². The normalized spacial score (nSPS) is 35.1. The van der Waals surface area contributed by atoms with Crippen molar-refractivity contribution in [3.8, 4) is 0 Å². The Labute approximate surface area is 53.0 Å². The third-order valence-electron chi connectivity index (χ3n) is 1.16. The minimum Gasteiger partial charge on any atom is -0.386 e. The first kappa shape index (κ1) is 6.51. The van der Waals surface area contributed by atoms with Gasteiger partial charge in [-0.25, -0.2) is 5.06 Å². The Bertz CT molecular complexity index is 123. The summed E-state index contributed by atoms with van der Waals surface area (Å²) in [7, 11) is 0. The highest BCUT2D eigenvalue weighted by Crippen LogP contribution is 2.13. The van der Waals surface area contributed by atoms with Crippen molar-refractivity contribution in [3.63, 3.8) is 0 Å². The highest BCUT2D eigenvalue weighted by Gasteiger charge is 2.31. The van der Waals surface area contributed by atoms with Crippen LogP contribution in [0.5, 0.6) is 0 Å². The van der Waals surface area contributed by atoms with Crippen molar-refractivity contribution in [2.45, 2.75) is 12.5 Å². The summed E-state index contributed by atoms with van der Waals surface area (Å²) >= 11 is 0. The van der Waals surface area contributed by atoms with Crippen molar-refractivity contribution in [2.24, 2.45) is 0 Å². The lowest BCUT2D eigenvalue weighted by molar-refractivity contribution is -0.153. The third kappa shape index (κ3) is 1.40. The van der Waals surface area contributed by atoms with E-state index in [1.165, 1.54) is 0 Å². The summed E-state index contributed by atoms with van der Waals surface area (Å²) in [6.45, 7) is 2.08. The molecule has 0 aromatic heterocycles. The second kappa shape index (κ2) is 1.97. The highest BCUT2D eigenvalue weighted by atomic mass is 16.7. The number of rotatable bonds is 1. The number of amides is 1. The van der Waals surface area contributed by atoms with E-state index >= 15 is 0 Å². The summed E-state index contributed by atoms with van der Waals surface area (Å²) in [5.41, 5.74) is -0.860. The molecule has 1 aliphatic heterocycles. The van der Waals surface area contributed by atoms with E-state index in [-0.39, 0.29) is 13.2 Å². The predicted molar refractivity (Wildman–Crippen MR) is 29.3 cm³/mol. The molecule has 0 bridgehead atoms. The lowest BCUT2D eigenvalue weighted by Crippen LogP contribution is -2.30. The Kier molecular flexibility index (Phi) is 1.42. The number of carbonyl (C=O) groups is 1. The van der Waals surface area contributed by atoms with Gasteiger partial charge in [0.15, 0.2) is 0 Å². The number of hydroxylamine groups is 2. The molecule has 1 amide bonds. The Balaban J connectivity index is 2.47. The molecule has 1 N–H and O–H groups in total. The summed E-state index contributed by atoms with van der Waals surface area (Å²) < 4.78 is 0. The number of aliphatic hydroxyl groups is 1. The highest BCUT2D eigenvalue weighted by molar-refractivity contribution is 5.45. The van der Waals surface area contributed by atoms with Crippen molar-refractivity contribution < 1.29 is 14.7 Å². The number of nitrogens with zero attached hydrogens (tertiary/aromatic N) is 1. The maximum atomic E-state index is 9.98. The molecule has 0 aliphatic carbocycles. The molecule has 1 heterocycles. The molecule has 1 rings (SSSR count). The van der Waals surface area contributed by atoms with Gasteiger partial charge in [0.05, 0.1) is 6.54 Å². The molecule has 0 radical (unpaired) electrons. The van der Waals surface area contributed by atoms with E-state index in [0.717, 1.165) is 5.06 Å². The van der Waals surface area contributed by atoms with Crippen LogP contribution in [0.4, 0.5) is 0 Å². The zero-order valence-corrected chi connectivity index (χ0v) is 5.20. The van der Waals surface area contributed by atoms with Gasteiger partial charge >= 0.3 is 0 Å². The van der Waals surface area contributed by atoms with Gasteiger partial charge in [-0.15, -0.1) is 0 Å². The van der Waals surface area contributed by atoms with Gasteiger partial charge in [-0.2, -0.15) is 0 Å². The molecule has 1 aliphatic rings. The second-order valence-corrected chi connectivity index (χ2v) is 2.45. The summed E-state index contributed by atoms with van der Waals surface area (Å²) in [5, 5.41) is 10.3. The van der Waals surface area contributed by atoms with Gasteiger partial charge in [0.2, 0.25) is 6.41 Å². The maximum absolute atomic E-state index is 9.98. The molecule has 4 nitrogen and oxygen atoms in total. The van der Waals surface area contributed by atoms with Gasteiger partial charge < -0.3 is 5.11 Å². The van der Waals surface area contributed by atoms with Gasteiger partial charge in [-0.1, -0.05) is 0 Å². The molecule has 1 unspecified atom stereocenters. The standard InChI is InChI=1S/C5H9NO3/c1-5(8)2-6(4-7)9-3-5/h4,8H,2-3H2,1H3. The minimum atomic E-state index is -0.860. The van der Waals surface area contributed by atoms with Crippen LogP contribution in [0.2, 0.25) is 0 Å². The van der Waals surface area contributed by atoms with Gasteiger partial charge in [0.25, 0.3) is 0 Å². The Hall–Kier alpha value is -0.610. The Morgan fingerprint density at radius 1 is 1.89 bits per heavy atom. The molecule has 0 saturated carbocycles. The third-order valence-corrected chi connectivity index (χ3v) is 1.16. The van der Waals surface area contributed by atoms with Crippen LogP contribution in [-0.4, -0.2) is 35.3 Å². The summed E-state index contributed by atoms with van der Waals surface area (Å²) in [5.74, 6) is 0. The molecule has 1 atom stereocenters. The quantitative estimate of drug-likeness (QED) is 0.471. The van der Waals surface area contributed by atoms with Crippen LogP contribution in [-0.2, 0) is 9.63 Å². The van der Waals surface area contributed by atoms with Gasteiger partial charge in [-0.3, -0.25) is 9.63 Å². The molecule has 1 saturated heterocycles. The van der Waals surface area contributed by atoms with Crippen LogP contribution < -0.4 is 0 Å². The first-order valence-electron chi connectivity index (χ1n) is 2.71. The molecule has 0 spiro atoms. The Morgan fingerprint density at radius 3 is 2.78 bits per heavy atom. The first-order valence-corrected chi connectivity index (χ1v) is 2.71. The van der Waals surface area contributed by atoms with Gasteiger partial charge in [0, 0.05) is 0 Å². The van der Waals surface area contributed by atoms with Crippen molar-refractivity contribution in [1.29, 1.82) is 0 Å². The van der Waals surface area contributed by atoms with Crippen LogP contribution in [0.3, 0.4) is 0 Å². The van der Waals surface area contributed by atoms with Crippen molar-refractivity contribution >= 4 is 6.41 Å². The lowest BCUT2D eigenvalue weighted by atomic mass is 10.1. The molecule has 0 aromatic carbocycles. The number of hydrogen-bond donors (Lipinski definition) is 1. The average molecular weight is 131 g/mol. The summed E-state index contributed by atoms with van der Waals surface area (Å²) in [6, 6.07) is 0. The first-order chi connectivity index (χ1) is 4.14. The molecule has 9 heavy (non-hydrogen) atoms. The molecular formula is C5H9NO3. The summed E-state index contributed by atoms with van der Waals surface area (Å²) in [6.07, 6.45) is 0.557. The van der Waals surface area contributed by atoms with Gasteiger partial charge in [-0.05, 0) is 6.92 Å². The summed E-state index contributed by atoms with van der Waals surface area (Å²) in [4.78, 5) is 14.7. The van der Waals surface area contributed by atoms with Crippen LogP contribution in [0.1, 0.15) is 6.92 Å². The molecule has 4 heteroatoms. The maximum Gasteiger partial charge on any atom is 0.233 e. The Morgan fingerprint density at radius 2 is 2.56 bits per heavy atom. The SMILES string of the molecule is CC1(O)CON(C=O)C1. The van der Waals surface area contributed by atoms with Crippen molar-refractivity contribution in [3.05, 3.63) is 0 Å². The lowest BCUT2D eigenvalue weighted by Gasteiger charge is -2.10. The molecule has 1 fully saturated rings. The van der Waals surface area contributed by atoms with E-state index < -0.39 is 5.60 Å². The number of β-amino-alcohol motifs (C(OH)–C–C–N with tert-alkyl or cyclic N) is 1. The largest absolute Gasteiger partial charge is 0.386 e. The minimum absolute atomic E-state index is 0.200. The van der Waals surface area contributed by atoms with Crippen molar-refractivity contribution in [1.82, 2.24) is 5.06 Å². The smallest absolute Gasteiger partial charge is 0.233 e. The molecule has 52 valence electrons. The van der Waals surface area contributed by atoms with E-state index in [2.05, 4.69) is 0 Å². The van der Waals surface area contributed by atoms with Crippen LogP contribution in [0.25, 0.3) is 0 Å². The zero-order valence-electron chi connectivity index (χ0n) is 5.20. The molecular weight excluding hydrogens is 122 g/mol. The second-order valence-electron chi connectivity index (χ2n) is 2.45. The van der Waals surface area contributed by atoms with E-state index in [4.69, 9.17) is 4.84 Å². The average Bonchev–Trinajstić information content (AvgIpc) is 2.10. The zero-order chi connectivity index (χ0) is 6.91. The number of hydrogen-bond acceptors (Lipinski definition) is 3.